The summed E-state index contributed by atoms with van der Waals surface area (Å²) >= 11 is 0. The van der Waals surface area contributed by atoms with Crippen LogP contribution in [0, 0.1) is 0 Å². The maximum Gasteiger partial charge on any atom is 0.268 e. The van der Waals surface area contributed by atoms with Gasteiger partial charge in [0.25, 0.3) is 7.82 Å². The van der Waals surface area contributed by atoms with E-state index in [-0.39, 0.29) is 19.1 Å². The lowest BCUT2D eigenvalue weighted by Crippen LogP contribution is -2.46. The molecule has 2 N–H and O–H groups in total. The van der Waals surface area contributed by atoms with Crippen LogP contribution in [-0.4, -0.2) is 68.5 Å². The number of likely N-dealkylation sites (N-methyl/N-ethyl adjacent to an activating group) is 1. The van der Waals surface area contributed by atoms with E-state index in [2.05, 4.69) is 116 Å². The van der Waals surface area contributed by atoms with Gasteiger partial charge < -0.3 is 28.8 Å². The van der Waals surface area contributed by atoms with Crippen LogP contribution in [0.15, 0.2) is 97.2 Å². The fourth-order valence-electron chi connectivity index (χ4n) is 8.59. The van der Waals surface area contributed by atoms with Crippen molar-refractivity contribution < 1.29 is 32.9 Å². The van der Waals surface area contributed by atoms with E-state index < -0.39 is 20.0 Å². The Bertz CT molecular complexity index is 1520. The average molecular weight is 1050 g/mol. The van der Waals surface area contributed by atoms with Gasteiger partial charge in [-0.15, -0.1) is 0 Å². The predicted molar refractivity (Wildman–Crippen MR) is 320 cm³/mol. The van der Waals surface area contributed by atoms with Gasteiger partial charge in [-0.2, -0.15) is 0 Å². The van der Waals surface area contributed by atoms with Crippen LogP contribution < -0.4 is 10.2 Å². The zero-order chi connectivity index (χ0) is 54.2. The fourth-order valence-corrected chi connectivity index (χ4v) is 9.31. The molecule has 428 valence electrons. The molecule has 0 aromatic rings. The Balaban J connectivity index is 4.12. The first-order chi connectivity index (χ1) is 36.0. The Morgan fingerprint density at radius 3 is 1.20 bits per heavy atom. The standard InChI is InChI=1S/C65H117N2O6P/c1-6-8-10-12-14-16-18-20-22-24-25-26-27-28-29-30-31-32-33-34-35-36-37-38-39-40-41-43-45-47-49-51-53-55-57-59-65(69)66-63(62-73-74(70,71)72-61-60-67(3,4)5)64(68)58-56-54-52-50-48-46-44-42-23-21-19-17-15-13-11-9-7-2/h8,10,14,16,20,22,25-26,28-29,31-32,34-35,37-38,63-64,68H,6-7,9,11-13,15,17-19,21,23-24,27,30,33,36,39-62H2,1-5H3,(H-,66,69,70,71)/b10-8-,16-14-,22-20-,26-25-,29-28-,32-31-,35-34-,38-37-. The number of aliphatic hydroxyl groups excluding tert-OH is 1. The summed E-state index contributed by atoms with van der Waals surface area (Å²) in [5.41, 5.74) is 0. The maximum atomic E-state index is 13.0. The first kappa shape index (κ1) is 71.4. The number of carbonyl (C=O) groups is 1. The summed E-state index contributed by atoms with van der Waals surface area (Å²) in [5, 5.41) is 14.0. The van der Waals surface area contributed by atoms with Crippen LogP contribution in [0.4, 0.5) is 0 Å². The van der Waals surface area contributed by atoms with Crippen molar-refractivity contribution in [2.45, 2.75) is 270 Å². The van der Waals surface area contributed by atoms with Gasteiger partial charge in [-0.05, 0) is 77.0 Å². The Morgan fingerprint density at radius 2 is 0.824 bits per heavy atom. The maximum absolute atomic E-state index is 13.0. The van der Waals surface area contributed by atoms with E-state index in [9.17, 15) is 19.4 Å². The van der Waals surface area contributed by atoms with Crippen molar-refractivity contribution in [3.8, 4) is 0 Å². The normalized spacial score (nSPS) is 14.5. The minimum absolute atomic E-state index is 0.00766. The van der Waals surface area contributed by atoms with E-state index in [0.29, 0.717) is 23.9 Å². The van der Waals surface area contributed by atoms with Crippen molar-refractivity contribution >= 4 is 13.7 Å². The molecular weight excluding hydrogens is 936 g/mol. The molecule has 0 aliphatic heterocycles. The van der Waals surface area contributed by atoms with E-state index in [4.69, 9.17) is 9.05 Å². The molecule has 0 aromatic carbocycles. The third-order valence-electron chi connectivity index (χ3n) is 13.3. The van der Waals surface area contributed by atoms with Gasteiger partial charge in [0.1, 0.15) is 13.2 Å². The molecule has 0 aliphatic carbocycles. The minimum atomic E-state index is -4.58. The zero-order valence-corrected chi connectivity index (χ0v) is 49.7. The number of amides is 1. The number of allylic oxidation sites excluding steroid dienone is 16. The van der Waals surface area contributed by atoms with Gasteiger partial charge in [-0.3, -0.25) is 9.36 Å². The second-order valence-electron chi connectivity index (χ2n) is 21.7. The van der Waals surface area contributed by atoms with Crippen molar-refractivity contribution in [3.63, 3.8) is 0 Å². The highest BCUT2D eigenvalue weighted by Crippen LogP contribution is 2.38. The molecule has 9 heteroatoms. The van der Waals surface area contributed by atoms with Crippen molar-refractivity contribution in [3.05, 3.63) is 97.2 Å². The molecule has 0 heterocycles. The van der Waals surface area contributed by atoms with Crippen LogP contribution in [-0.2, 0) is 18.4 Å². The van der Waals surface area contributed by atoms with Crippen molar-refractivity contribution in [2.24, 2.45) is 0 Å². The molecule has 0 aliphatic rings. The van der Waals surface area contributed by atoms with Gasteiger partial charge in [-0.25, -0.2) is 0 Å². The molecule has 0 aromatic heterocycles. The van der Waals surface area contributed by atoms with Crippen LogP contribution >= 0.6 is 7.82 Å². The van der Waals surface area contributed by atoms with Crippen molar-refractivity contribution in [1.29, 1.82) is 0 Å². The molecule has 0 radical (unpaired) electrons. The van der Waals surface area contributed by atoms with E-state index in [1.54, 1.807) is 0 Å². The fraction of sp³-hybridized carbons (Fsp3) is 0.738. The Morgan fingerprint density at radius 1 is 0.486 bits per heavy atom. The lowest BCUT2D eigenvalue weighted by Gasteiger charge is -2.30. The van der Waals surface area contributed by atoms with Crippen molar-refractivity contribution in [1.82, 2.24) is 5.32 Å². The second-order valence-corrected chi connectivity index (χ2v) is 23.1. The Labute approximate surface area is 458 Å². The van der Waals surface area contributed by atoms with Crippen LogP contribution in [0.1, 0.15) is 258 Å². The predicted octanol–water partition coefficient (Wildman–Crippen LogP) is 18.4. The highest BCUT2D eigenvalue weighted by molar-refractivity contribution is 7.45. The zero-order valence-electron chi connectivity index (χ0n) is 48.8. The average Bonchev–Trinajstić information content (AvgIpc) is 3.36. The first-order valence-electron chi connectivity index (χ1n) is 30.6. The molecule has 3 atom stereocenters. The number of unbranched alkanes of at least 4 members (excludes halogenated alkanes) is 26. The molecular formula is C65H117N2O6P. The molecule has 1 amide bonds. The minimum Gasteiger partial charge on any atom is -0.756 e. The Hall–Kier alpha value is -2.58. The number of nitrogens with zero attached hydrogens (tertiary/aromatic N) is 1. The molecule has 8 nitrogen and oxygen atoms in total. The number of rotatable bonds is 55. The van der Waals surface area contributed by atoms with Crippen LogP contribution in [0.5, 0.6) is 0 Å². The molecule has 0 saturated carbocycles. The summed E-state index contributed by atoms with van der Waals surface area (Å²) in [7, 11) is 1.30. The van der Waals surface area contributed by atoms with E-state index in [1.807, 2.05) is 21.1 Å². The number of aliphatic hydroxyl groups is 1. The van der Waals surface area contributed by atoms with Crippen LogP contribution in [0.25, 0.3) is 0 Å². The van der Waals surface area contributed by atoms with Gasteiger partial charge in [0, 0.05) is 6.42 Å². The van der Waals surface area contributed by atoms with Gasteiger partial charge >= 0.3 is 0 Å². The number of nitrogens with one attached hydrogen (secondary N) is 1. The number of hydrogen-bond donors (Lipinski definition) is 2. The van der Waals surface area contributed by atoms with E-state index in [0.717, 1.165) is 96.3 Å². The third kappa shape index (κ3) is 57.1. The molecule has 0 bridgehead atoms. The van der Waals surface area contributed by atoms with Gasteiger partial charge in [0.15, 0.2) is 0 Å². The van der Waals surface area contributed by atoms with Gasteiger partial charge in [-0.1, -0.05) is 272 Å². The Kier molecular flexibility index (Phi) is 53.3. The van der Waals surface area contributed by atoms with E-state index in [1.165, 1.54) is 135 Å². The molecule has 3 unspecified atom stereocenters. The molecule has 0 rings (SSSR count). The SMILES string of the molecule is CC/C=C\C/C=C\C/C=C\C/C=C\C/C=C\C/C=C\C/C=C\C/C=C\CCCCCCCCCCCCC(=O)NC(COP(=O)([O-])OCC[N+](C)(C)C)C(O)CCCCCCCCCCCCCCCCCCC. The van der Waals surface area contributed by atoms with Gasteiger partial charge in [0.2, 0.25) is 5.91 Å². The second kappa shape index (κ2) is 55.2. The highest BCUT2D eigenvalue weighted by Gasteiger charge is 2.24. The summed E-state index contributed by atoms with van der Waals surface area (Å²) in [6.07, 6.45) is 78.7. The molecule has 0 saturated heterocycles. The number of quaternary nitrogens is 1. The summed E-state index contributed by atoms with van der Waals surface area (Å²) in [6, 6.07) is -0.809. The quantitative estimate of drug-likeness (QED) is 0.0272. The first-order valence-corrected chi connectivity index (χ1v) is 32.0. The van der Waals surface area contributed by atoms with Gasteiger partial charge in [0.05, 0.1) is 39.9 Å². The molecule has 0 fully saturated rings. The third-order valence-corrected chi connectivity index (χ3v) is 14.3. The smallest absolute Gasteiger partial charge is 0.268 e. The molecule has 74 heavy (non-hydrogen) atoms. The van der Waals surface area contributed by atoms with Crippen LogP contribution in [0.3, 0.4) is 0 Å². The lowest BCUT2D eigenvalue weighted by molar-refractivity contribution is -0.870. The largest absolute Gasteiger partial charge is 0.756 e. The summed E-state index contributed by atoms with van der Waals surface area (Å²) < 4.78 is 23.4. The number of phosphoric acid groups is 1. The summed E-state index contributed by atoms with van der Waals surface area (Å²) in [4.78, 5) is 25.6. The summed E-state index contributed by atoms with van der Waals surface area (Å²) in [6.45, 7) is 4.61. The van der Waals surface area contributed by atoms with Crippen LogP contribution in [0.2, 0.25) is 0 Å². The monoisotopic (exact) mass is 1050 g/mol. The lowest BCUT2D eigenvalue weighted by atomic mass is 10.0. The highest BCUT2D eigenvalue weighted by atomic mass is 31.2. The number of hydrogen-bond acceptors (Lipinski definition) is 6. The number of carbonyl (C=O) groups excluding carboxylic acids is 1. The van der Waals surface area contributed by atoms with Crippen molar-refractivity contribution in [2.75, 3.05) is 40.9 Å². The van der Waals surface area contributed by atoms with E-state index >= 15 is 0 Å². The topological polar surface area (TPSA) is 108 Å². The summed E-state index contributed by atoms with van der Waals surface area (Å²) in [5.74, 6) is -0.171. The number of phosphoric ester groups is 1. The molecule has 0 spiro atoms.